The monoisotopic (exact) mass is 256 g/mol. The van der Waals surface area contributed by atoms with Crippen LogP contribution in [0.15, 0.2) is 0 Å². The summed E-state index contributed by atoms with van der Waals surface area (Å²) in [5.41, 5.74) is 0. The van der Waals surface area contributed by atoms with Crippen molar-refractivity contribution in [2.75, 3.05) is 6.61 Å². The molecule has 0 aromatic heterocycles. The Hall–Kier alpha value is -0.770. The minimum absolute atomic E-state index is 0.0296. The Labute approximate surface area is 111 Å². The van der Waals surface area contributed by atoms with Crippen molar-refractivity contribution in [2.24, 2.45) is 11.8 Å². The second kappa shape index (κ2) is 7.62. The molecule has 4 nitrogen and oxygen atoms in total. The maximum Gasteiger partial charge on any atom is 0.315 e. The lowest BCUT2D eigenvalue weighted by Gasteiger charge is -2.31. The molecule has 1 aliphatic carbocycles. The SMILES string of the molecule is CC(C)C1CCC(NC(=O)N[C@H](C)CCO)CC1. The molecule has 0 aromatic carbocycles. The Kier molecular flexibility index (Phi) is 6.47. The number of hydrogen-bond donors (Lipinski definition) is 3. The first-order valence-electron chi connectivity index (χ1n) is 7.20. The van der Waals surface area contributed by atoms with E-state index < -0.39 is 0 Å². The van der Waals surface area contributed by atoms with Gasteiger partial charge in [0, 0.05) is 18.7 Å². The fourth-order valence-electron chi connectivity index (χ4n) is 2.65. The highest BCUT2D eigenvalue weighted by Gasteiger charge is 2.24. The summed E-state index contributed by atoms with van der Waals surface area (Å²) < 4.78 is 0. The minimum atomic E-state index is -0.0936. The standard InChI is InChI=1S/C14H28N2O2/c1-10(2)12-4-6-13(7-5-12)16-14(18)15-11(3)8-9-17/h10-13,17H,4-9H2,1-3H3,(H2,15,16,18)/t11-,12?,13?/m1/s1. The average molecular weight is 256 g/mol. The highest BCUT2D eigenvalue weighted by molar-refractivity contribution is 5.74. The van der Waals surface area contributed by atoms with Gasteiger partial charge in [0.2, 0.25) is 0 Å². The number of rotatable bonds is 5. The Bertz CT molecular complexity index is 248. The van der Waals surface area contributed by atoms with E-state index in [0.717, 1.165) is 24.7 Å². The van der Waals surface area contributed by atoms with Crippen LogP contribution in [0, 0.1) is 11.8 Å². The topological polar surface area (TPSA) is 61.4 Å². The number of aliphatic hydroxyl groups excluding tert-OH is 1. The third-order valence-corrected chi connectivity index (χ3v) is 3.99. The van der Waals surface area contributed by atoms with Gasteiger partial charge in [-0.15, -0.1) is 0 Å². The molecule has 0 saturated heterocycles. The summed E-state index contributed by atoms with van der Waals surface area (Å²) >= 11 is 0. The van der Waals surface area contributed by atoms with Gasteiger partial charge in [-0.1, -0.05) is 13.8 Å². The van der Waals surface area contributed by atoms with Crippen molar-refractivity contribution in [3.8, 4) is 0 Å². The Morgan fingerprint density at radius 3 is 2.33 bits per heavy atom. The lowest BCUT2D eigenvalue weighted by atomic mass is 9.80. The largest absolute Gasteiger partial charge is 0.396 e. The van der Waals surface area contributed by atoms with Crippen LogP contribution in [0.5, 0.6) is 0 Å². The second-order valence-corrected chi connectivity index (χ2v) is 5.89. The molecule has 0 radical (unpaired) electrons. The summed E-state index contributed by atoms with van der Waals surface area (Å²) in [4.78, 5) is 11.7. The molecule has 106 valence electrons. The van der Waals surface area contributed by atoms with E-state index in [-0.39, 0.29) is 18.7 Å². The minimum Gasteiger partial charge on any atom is -0.396 e. The van der Waals surface area contributed by atoms with Crippen LogP contribution in [0.25, 0.3) is 0 Å². The van der Waals surface area contributed by atoms with Gasteiger partial charge in [0.25, 0.3) is 0 Å². The molecule has 0 aromatic rings. The van der Waals surface area contributed by atoms with E-state index in [9.17, 15) is 4.79 Å². The smallest absolute Gasteiger partial charge is 0.315 e. The zero-order chi connectivity index (χ0) is 13.5. The van der Waals surface area contributed by atoms with Gasteiger partial charge in [-0.2, -0.15) is 0 Å². The van der Waals surface area contributed by atoms with Crippen LogP contribution >= 0.6 is 0 Å². The van der Waals surface area contributed by atoms with Crippen molar-refractivity contribution in [1.29, 1.82) is 0 Å². The molecule has 0 spiro atoms. The van der Waals surface area contributed by atoms with E-state index in [1.54, 1.807) is 0 Å². The van der Waals surface area contributed by atoms with E-state index in [1.165, 1.54) is 12.8 Å². The van der Waals surface area contributed by atoms with Crippen LogP contribution in [0.4, 0.5) is 4.79 Å². The highest BCUT2D eigenvalue weighted by Crippen LogP contribution is 2.29. The van der Waals surface area contributed by atoms with Crippen molar-refractivity contribution >= 4 is 6.03 Å². The van der Waals surface area contributed by atoms with Gasteiger partial charge in [0.15, 0.2) is 0 Å². The summed E-state index contributed by atoms with van der Waals surface area (Å²) in [5.74, 6) is 1.57. The van der Waals surface area contributed by atoms with Crippen LogP contribution in [-0.2, 0) is 0 Å². The predicted octanol–water partition coefficient (Wildman–Crippen LogP) is 2.27. The number of carbonyl (C=O) groups is 1. The molecule has 0 bridgehead atoms. The second-order valence-electron chi connectivity index (χ2n) is 5.89. The Balaban J connectivity index is 2.22. The molecular weight excluding hydrogens is 228 g/mol. The summed E-state index contributed by atoms with van der Waals surface area (Å²) in [6.07, 6.45) is 5.21. The fraction of sp³-hybridized carbons (Fsp3) is 0.929. The first kappa shape index (κ1) is 15.3. The average Bonchev–Trinajstić information content (AvgIpc) is 2.29. The highest BCUT2D eigenvalue weighted by atomic mass is 16.3. The van der Waals surface area contributed by atoms with Crippen LogP contribution in [0.3, 0.4) is 0 Å². The van der Waals surface area contributed by atoms with Crippen molar-refractivity contribution in [3.63, 3.8) is 0 Å². The van der Waals surface area contributed by atoms with Gasteiger partial charge in [0.1, 0.15) is 0 Å². The molecule has 0 aliphatic heterocycles. The van der Waals surface area contributed by atoms with Crippen LogP contribution in [-0.4, -0.2) is 29.8 Å². The van der Waals surface area contributed by atoms with Gasteiger partial charge in [0.05, 0.1) is 0 Å². The molecule has 1 aliphatic rings. The van der Waals surface area contributed by atoms with Crippen molar-refractivity contribution < 1.29 is 9.90 Å². The molecule has 1 fully saturated rings. The summed E-state index contributed by atoms with van der Waals surface area (Å²) in [6.45, 7) is 6.58. The molecule has 3 N–H and O–H groups in total. The lowest BCUT2D eigenvalue weighted by molar-refractivity contribution is 0.210. The number of aliphatic hydroxyl groups is 1. The number of carbonyl (C=O) groups excluding carboxylic acids is 1. The van der Waals surface area contributed by atoms with Gasteiger partial charge < -0.3 is 15.7 Å². The third-order valence-electron chi connectivity index (χ3n) is 3.99. The first-order valence-corrected chi connectivity index (χ1v) is 7.20. The van der Waals surface area contributed by atoms with Gasteiger partial charge in [-0.25, -0.2) is 4.79 Å². The molecule has 1 rings (SSSR count). The van der Waals surface area contributed by atoms with Crippen LogP contribution < -0.4 is 10.6 Å². The molecule has 1 saturated carbocycles. The maximum atomic E-state index is 11.7. The number of amides is 2. The molecule has 18 heavy (non-hydrogen) atoms. The van der Waals surface area contributed by atoms with Gasteiger partial charge >= 0.3 is 6.03 Å². The van der Waals surface area contributed by atoms with E-state index in [1.807, 2.05) is 6.92 Å². The Morgan fingerprint density at radius 1 is 1.22 bits per heavy atom. The predicted molar refractivity (Wildman–Crippen MR) is 73.4 cm³/mol. The molecule has 0 heterocycles. The van der Waals surface area contributed by atoms with E-state index >= 15 is 0 Å². The summed E-state index contributed by atoms with van der Waals surface area (Å²) in [6, 6.07) is 0.257. The maximum absolute atomic E-state index is 11.7. The summed E-state index contributed by atoms with van der Waals surface area (Å²) in [7, 11) is 0. The molecule has 4 heteroatoms. The van der Waals surface area contributed by atoms with Crippen LogP contribution in [0.2, 0.25) is 0 Å². The molecule has 0 unspecified atom stereocenters. The molecule has 2 amide bonds. The summed E-state index contributed by atoms with van der Waals surface area (Å²) in [5, 5.41) is 14.7. The zero-order valence-corrected chi connectivity index (χ0v) is 11.9. The van der Waals surface area contributed by atoms with Crippen LogP contribution in [0.1, 0.15) is 52.9 Å². The van der Waals surface area contributed by atoms with Crippen molar-refractivity contribution in [2.45, 2.75) is 65.0 Å². The number of urea groups is 1. The van der Waals surface area contributed by atoms with E-state index in [0.29, 0.717) is 12.5 Å². The third kappa shape index (κ3) is 5.25. The first-order chi connectivity index (χ1) is 8.52. The lowest BCUT2D eigenvalue weighted by Crippen LogP contribution is -2.46. The zero-order valence-electron chi connectivity index (χ0n) is 11.9. The molecule has 1 atom stereocenters. The van der Waals surface area contributed by atoms with Crippen molar-refractivity contribution in [1.82, 2.24) is 10.6 Å². The normalized spacial score (nSPS) is 25.8. The number of nitrogens with one attached hydrogen (secondary N) is 2. The van der Waals surface area contributed by atoms with E-state index in [4.69, 9.17) is 5.11 Å². The van der Waals surface area contributed by atoms with Gasteiger partial charge in [-0.05, 0) is 50.9 Å². The quantitative estimate of drug-likeness (QED) is 0.706. The Morgan fingerprint density at radius 2 is 1.83 bits per heavy atom. The van der Waals surface area contributed by atoms with Gasteiger partial charge in [-0.3, -0.25) is 0 Å². The van der Waals surface area contributed by atoms with Crippen molar-refractivity contribution in [3.05, 3.63) is 0 Å². The van der Waals surface area contributed by atoms with E-state index in [2.05, 4.69) is 24.5 Å². The number of hydrogen-bond acceptors (Lipinski definition) is 2. The fourth-order valence-corrected chi connectivity index (χ4v) is 2.65. The molecular formula is C14H28N2O2.